The number of benzene rings is 2. The largest absolute Gasteiger partial charge is 0.341 e. The molecule has 0 heterocycles. The molecule has 0 bridgehead atoms. The number of hydrogen-bond acceptors (Lipinski definition) is 4. The molecule has 0 aliphatic heterocycles. The van der Waals surface area contributed by atoms with Gasteiger partial charge in [-0.25, -0.2) is 0 Å². The van der Waals surface area contributed by atoms with Crippen molar-refractivity contribution in [2.24, 2.45) is 0 Å². The standard InChI is InChI=1S/C19H18IN3O2S/c20-16-9-5-4-8-15(16)12-26-13-17(19(25)22-11-10-21)23-18(24)14-6-2-1-3-7-14/h1-9,17H,11-13H2,(H,22,25)(H,23,24). The minimum atomic E-state index is -0.706. The summed E-state index contributed by atoms with van der Waals surface area (Å²) >= 11 is 3.84. The highest BCUT2D eigenvalue weighted by atomic mass is 127. The number of hydrogen-bond donors (Lipinski definition) is 2. The van der Waals surface area contributed by atoms with Crippen molar-refractivity contribution in [1.82, 2.24) is 10.6 Å². The number of nitrogens with one attached hydrogen (secondary N) is 2. The van der Waals surface area contributed by atoms with Crippen LogP contribution in [0.4, 0.5) is 0 Å². The van der Waals surface area contributed by atoms with Crippen LogP contribution in [0, 0.1) is 14.9 Å². The Hall–Kier alpha value is -2.05. The summed E-state index contributed by atoms with van der Waals surface area (Å²) in [5.74, 6) is 0.493. The van der Waals surface area contributed by atoms with E-state index in [1.807, 2.05) is 36.4 Å². The van der Waals surface area contributed by atoms with Crippen LogP contribution in [0.2, 0.25) is 0 Å². The Kier molecular flexibility index (Phi) is 8.44. The highest BCUT2D eigenvalue weighted by Gasteiger charge is 2.21. The minimum absolute atomic E-state index is 0.0855. The predicted molar refractivity (Wildman–Crippen MR) is 112 cm³/mol. The van der Waals surface area contributed by atoms with Crippen molar-refractivity contribution in [3.8, 4) is 6.07 Å². The Morgan fingerprint density at radius 2 is 1.81 bits per heavy atom. The van der Waals surface area contributed by atoms with Gasteiger partial charge in [0.25, 0.3) is 5.91 Å². The van der Waals surface area contributed by atoms with Gasteiger partial charge in [-0.1, -0.05) is 36.4 Å². The van der Waals surface area contributed by atoms with Crippen LogP contribution < -0.4 is 10.6 Å². The molecular weight excluding hydrogens is 461 g/mol. The molecule has 2 aromatic carbocycles. The summed E-state index contributed by atoms with van der Waals surface area (Å²) in [6.07, 6.45) is 0. The molecule has 0 aliphatic carbocycles. The number of halogens is 1. The summed E-state index contributed by atoms with van der Waals surface area (Å²) in [6, 6.07) is 18.0. The lowest BCUT2D eigenvalue weighted by atomic mass is 10.2. The Morgan fingerprint density at radius 3 is 2.50 bits per heavy atom. The second-order valence-corrected chi connectivity index (χ2v) is 7.57. The van der Waals surface area contributed by atoms with Crippen LogP contribution in [-0.4, -0.2) is 30.2 Å². The van der Waals surface area contributed by atoms with Gasteiger partial charge in [-0.15, -0.1) is 0 Å². The number of thioether (sulfide) groups is 1. The maximum absolute atomic E-state index is 12.4. The van der Waals surface area contributed by atoms with E-state index in [9.17, 15) is 9.59 Å². The van der Waals surface area contributed by atoms with Crippen LogP contribution in [-0.2, 0) is 10.5 Å². The number of nitriles is 1. The van der Waals surface area contributed by atoms with E-state index in [1.54, 1.807) is 36.0 Å². The van der Waals surface area contributed by atoms with E-state index >= 15 is 0 Å². The fourth-order valence-corrected chi connectivity index (χ4v) is 4.06. The molecule has 134 valence electrons. The zero-order chi connectivity index (χ0) is 18.8. The molecule has 1 atom stereocenters. The summed E-state index contributed by atoms with van der Waals surface area (Å²) < 4.78 is 1.16. The van der Waals surface area contributed by atoms with Gasteiger partial charge in [0.1, 0.15) is 12.6 Å². The van der Waals surface area contributed by atoms with Gasteiger partial charge < -0.3 is 10.6 Å². The van der Waals surface area contributed by atoms with Crippen LogP contribution in [0.5, 0.6) is 0 Å². The van der Waals surface area contributed by atoms with Crippen molar-refractivity contribution in [3.05, 3.63) is 69.3 Å². The first-order valence-electron chi connectivity index (χ1n) is 7.93. The second-order valence-electron chi connectivity index (χ2n) is 5.37. The van der Waals surface area contributed by atoms with Crippen LogP contribution >= 0.6 is 34.4 Å². The Bertz CT molecular complexity index is 793. The zero-order valence-corrected chi connectivity index (χ0v) is 16.9. The molecule has 2 amide bonds. The summed E-state index contributed by atoms with van der Waals surface area (Å²) in [7, 11) is 0. The van der Waals surface area contributed by atoms with Gasteiger partial charge in [-0.3, -0.25) is 9.59 Å². The predicted octanol–water partition coefficient (Wildman–Crippen LogP) is 2.96. The molecule has 0 radical (unpaired) electrons. The Balaban J connectivity index is 1.99. The summed E-state index contributed by atoms with van der Waals surface area (Å²) in [5.41, 5.74) is 1.68. The van der Waals surface area contributed by atoms with Crippen molar-refractivity contribution in [2.45, 2.75) is 11.8 Å². The van der Waals surface area contributed by atoms with E-state index < -0.39 is 6.04 Å². The molecule has 7 heteroatoms. The van der Waals surface area contributed by atoms with Crippen molar-refractivity contribution < 1.29 is 9.59 Å². The van der Waals surface area contributed by atoms with Gasteiger partial charge in [0.05, 0.1) is 6.07 Å². The van der Waals surface area contributed by atoms with Crippen LogP contribution in [0.25, 0.3) is 0 Å². The smallest absolute Gasteiger partial charge is 0.251 e. The maximum Gasteiger partial charge on any atom is 0.251 e. The Labute approximate surface area is 170 Å². The van der Waals surface area contributed by atoms with Crippen molar-refractivity contribution in [3.63, 3.8) is 0 Å². The first kappa shape index (κ1) is 20.3. The molecule has 26 heavy (non-hydrogen) atoms. The van der Waals surface area contributed by atoms with Gasteiger partial charge in [0.2, 0.25) is 5.91 Å². The van der Waals surface area contributed by atoms with Gasteiger partial charge in [-0.2, -0.15) is 17.0 Å². The lowest BCUT2D eigenvalue weighted by Gasteiger charge is -2.18. The number of nitrogens with zero attached hydrogens (tertiary/aromatic N) is 1. The molecule has 1 unspecified atom stereocenters. The lowest BCUT2D eigenvalue weighted by Crippen LogP contribution is -2.48. The normalized spacial score (nSPS) is 11.2. The van der Waals surface area contributed by atoms with Crippen LogP contribution in [0.1, 0.15) is 15.9 Å². The minimum Gasteiger partial charge on any atom is -0.341 e. The quantitative estimate of drug-likeness (QED) is 0.451. The molecule has 5 nitrogen and oxygen atoms in total. The van der Waals surface area contributed by atoms with Crippen molar-refractivity contribution in [1.29, 1.82) is 5.26 Å². The number of carbonyl (C=O) groups is 2. The molecule has 2 rings (SSSR count). The number of carbonyl (C=O) groups excluding carboxylic acids is 2. The molecule has 2 aromatic rings. The molecule has 0 aromatic heterocycles. The molecule has 0 saturated heterocycles. The van der Waals surface area contributed by atoms with E-state index in [0.29, 0.717) is 11.3 Å². The monoisotopic (exact) mass is 479 g/mol. The van der Waals surface area contributed by atoms with Crippen LogP contribution in [0.3, 0.4) is 0 Å². The van der Waals surface area contributed by atoms with E-state index in [1.165, 1.54) is 5.56 Å². The molecule has 0 spiro atoms. The molecule has 0 aliphatic rings. The lowest BCUT2D eigenvalue weighted by molar-refractivity contribution is -0.122. The Morgan fingerprint density at radius 1 is 1.12 bits per heavy atom. The fraction of sp³-hybridized carbons (Fsp3) is 0.211. The number of amides is 2. The van der Waals surface area contributed by atoms with Crippen molar-refractivity contribution >= 4 is 46.2 Å². The van der Waals surface area contributed by atoms with E-state index in [4.69, 9.17) is 5.26 Å². The highest BCUT2D eigenvalue weighted by molar-refractivity contribution is 14.1. The third-order valence-corrected chi connectivity index (χ3v) is 5.64. The molecule has 0 saturated carbocycles. The topological polar surface area (TPSA) is 82.0 Å². The summed E-state index contributed by atoms with van der Waals surface area (Å²) in [6.45, 7) is -0.0855. The summed E-state index contributed by atoms with van der Waals surface area (Å²) in [4.78, 5) is 24.6. The van der Waals surface area contributed by atoms with E-state index in [-0.39, 0.29) is 18.4 Å². The average molecular weight is 479 g/mol. The van der Waals surface area contributed by atoms with Gasteiger partial charge >= 0.3 is 0 Å². The third-order valence-electron chi connectivity index (χ3n) is 3.50. The SMILES string of the molecule is N#CCNC(=O)C(CSCc1ccccc1I)NC(=O)c1ccccc1. The number of rotatable bonds is 8. The molecular formula is C19H18IN3O2S. The van der Waals surface area contributed by atoms with Gasteiger partial charge in [-0.05, 0) is 46.4 Å². The van der Waals surface area contributed by atoms with Crippen LogP contribution in [0.15, 0.2) is 54.6 Å². The average Bonchev–Trinajstić information content (AvgIpc) is 2.67. The fourth-order valence-electron chi connectivity index (χ4n) is 2.17. The maximum atomic E-state index is 12.4. The van der Waals surface area contributed by atoms with Gasteiger partial charge in [0, 0.05) is 20.6 Å². The van der Waals surface area contributed by atoms with E-state index in [2.05, 4.69) is 33.2 Å². The second kappa shape index (κ2) is 10.8. The molecule has 2 N–H and O–H groups in total. The van der Waals surface area contributed by atoms with E-state index in [0.717, 1.165) is 9.32 Å². The highest BCUT2D eigenvalue weighted by Crippen LogP contribution is 2.19. The van der Waals surface area contributed by atoms with Crippen molar-refractivity contribution in [2.75, 3.05) is 12.3 Å². The molecule has 0 fully saturated rings. The third kappa shape index (κ3) is 6.35. The first-order chi connectivity index (χ1) is 12.6. The summed E-state index contributed by atoms with van der Waals surface area (Å²) in [5, 5.41) is 13.9. The van der Waals surface area contributed by atoms with Gasteiger partial charge in [0.15, 0.2) is 0 Å². The zero-order valence-electron chi connectivity index (χ0n) is 13.9. The first-order valence-corrected chi connectivity index (χ1v) is 10.2.